The molecule has 4 N–H and O–H groups in total. The number of carbonyl (C=O) groups excluding carboxylic acids is 2. The van der Waals surface area contributed by atoms with Gasteiger partial charge in [-0.05, 0) is 12.1 Å². The molecule has 0 aromatic heterocycles. The maximum atomic E-state index is 12.5. The third kappa shape index (κ3) is 1.55. The smallest absolute Gasteiger partial charge is 0.196 e. The molecule has 2 aromatic carbocycles. The van der Waals surface area contributed by atoms with Gasteiger partial charge < -0.3 is 11.5 Å². The highest BCUT2D eigenvalue weighted by Gasteiger charge is 2.34. The van der Waals surface area contributed by atoms with E-state index in [1.807, 2.05) is 0 Å². The first kappa shape index (κ1) is 13.0. The summed E-state index contributed by atoms with van der Waals surface area (Å²) in [7, 11) is 0. The van der Waals surface area contributed by atoms with Gasteiger partial charge in [-0.15, -0.1) is 0 Å². The Morgan fingerprint density at radius 1 is 0.900 bits per heavy atom. The van der Waals surface area contributed by atoms with Gasteiger partial charge in [0.25, 0.3) is 0 Å². The van der Waals surface area contributed by atoms with E-state index in [2.05, 4.69) is 0 Å². The van der Waals surface area contributed by atoms with Crippen molar-refractivity contribution in [3.05, 3.63) is 56.6 Å². The molecule has 2 aromatic rings. The van der Waals surface area contributed by atoms with Crippen LogP contribution in [0.4, 0.5) is 11.4 Å². The molecule has 0 atom stereocenters. The summed E-state index contributed by atoms with van der Waals surface area (Å²) in [5, 5.41) is 0.195. The van der Waals surface area contributed by atoms with Gasteiger partial charge in [0.2, 0.25) is 0 Å². The number of benzene rings is 2. The van der Waals surface area contributed by atoms with Crippen LogP contribution < -0.4 is 11.5 Å². The average Bonchev–Trinajstić information content (AvgIpc) is 2.41. The van der Waals surface area contributed by atoms with E-state index >= 15 is 0 Å². The summed E-state index contributed by atoms with van der Waals surface area (Å²) in [6, 6.07) is 6.07. The predicted octanol–water partition coefficient (Wildman–Crippen LogP) is 2.93. The van der Waals surface area contributed by atoms with E-state index in [0.29, 0.717) is 0 Å². The first-order valence-corrected chi connectivity index (χ1v) is 6.44. The molecule has 1 aliphatic rings. The topological polar surface area (TPSA) is 86.2 Å². The molecule has 0 unspecified atom stereocenters. The summed E-state index contributed by atoms with van der Waals surface area (Å²) in [6.45, 7) is 0. The second kappa shape index (κ2) is 4.23. The van der Waals surface area contributed by atoms with Crippen molar-refractivity contribution in [2.24, 2.45) is 0 Å². The van der Waals surface area contributed by atoms with Crippen molar-refractivity contribution in [3.63, 3.8) is 0 Å². The van der Waals surface area contributed by atoms with E-state index in [4.69, 9.17) is 34.7 Å². The molecule has 0 fully saturated rings. The SMILES string of the molecule is Nc1cccc2c1C(=O)c1cc(Cl)c(Cl)c(N)c1C2=O. The quantitative estimate of drug-likeness (QED) is 0.625. The number of nitrogen functional groups attached to an aromatic ring is 2. The van der Waals surface area contributed by atoms with Crippen molar-refractivity contribution >= 4 is 46.1 Å². The molecule has 0 saturated heterocycles. The fraction of sp³-hybridized carbons (Fsp3) is 0. The van der Waals surface area contributed by atoms with Gasteiger partial charge in [-0.25, -0.2) is 0 Å². The molecule has 0 radical (unpaired) electrons. The summed E-state index contributed by atoms with van der Waals surface area (Å²) in [5.74, 6) is -0.754. The number of carbonyl (C=O) groups is 2. The first-order chi connectivity index (χ1) is 9.43. The first-order valence-electron chi connectivity index (χ1n) is 5.68. The zero-order chi connectivity index (χ0) is 14.6. The highest BCUT2D eigenvalue weighted by Crippen LogP contribution is 2.39. The van der Waals surface area contributed by atoms with Crippen molar-refractivity contribution in [1.82, 2.24) is 0 Å². The Kier molecular flexibility index (Phi) is 2.74. The Hall–Kier alpha value is -2.04. The maximum absolute atomic E-state index is 12.5. The number of ketones is 2. The van der Waals surface area contributed by atoms with Crippen molar-refractivity contribution < 1.29 is 9.59 Å². The van der Waals surface area contributed by atoms with Crippen molar-refractivity contribution in [2.45, 2.75) is 0 Å². The fourth-order valence-electron chi connectivity index (χ4n) is 2.35. The summed E-state index contributed by atoms with van der Waals surface area (Å²) in [6.07, 6.45) is 0. The number of hydrogen-bond donors (Lipinski definition) is 2. The number of rotatable bonds is 0. The maximum Gasteiger partial charge on any atom is 0.196 e. The number of halogens is 2. The Balaban J connectivity index is 2.41. The summed E-state index contributed by atoms with van der Waals surface area (Å²) in [4.78, 5) is 25.0. The summed E-state index contributed by atoms with van der Waals surface area (Å²) in [5.41, 5.74) is 12.5. The second-order valence-corrected chi connectivity index (χ2v) is 5.22. The number of nitrogens with two attached hydrogens (primary N) is 2. The molecule has 0 aliphatic heterocycles. The molecule has 100 valence electrons. The van der Waals surface area contributed by atoms with Crippen LogP contribution in [0.5, 0.6) is 0 Å². The van der Waals surface area contributed by atoms with Gasteiger partial charge in [-0.2, -0.15) is 0 Å². The molecule has 6 heteroatoms. The number of hydrogen-bond acceptors (Lipinski definition) is 4. The standard InChI is InChI=1S/C14H8Cl2N2O2/c15-7-4-6-10(12(18)11(7)16)13(19)5-2-1-3-8(17)9(5)14(6)20/h1-4H,17-18H2. The summed E-state index contributed by atoms with van der Waals surface area (Å²) < 4.78 is 0. The van der Waals surface area contributed by atoms with Crippen LogP contribution in [0, 0.1) is 0 Å². The van der Waals surface area contributed by atoms with E-state index in [1.54, 1.807) is 12.1 Å². The Morgan fingerprint density at radius 2 is 1.55 bits per heavy atom. The molecule has 1 aliphatic carbocycles. The zero-order valence-electron chi connectivity index (χ0n) is 10.0. The monoisotopic (exact) mass is 306 g/mol. The molecule has 3 rings (SSSR count). The lowest BCUT2D eigenvalue weighted by atomic mass is 9.82. The lowest BCUT2D eigenvalue weighted by molar-refractivity contribution is 0.0980. The zero-order valence-corrected chi connectivity index (χ0v) is 11.5. The minimum atomic E-state index is -0.377. The molecular weight excluding hydrogens is 299 g/mol. The number of anilines is 2. The van der Waals surface area contributed by atoms with Crippen LogP contribution in [-0.4, -0.2) is 11.6 Å². The molecule has 0 bridgehead atoms. The fourth-order valence-corrected chi connectivity index (χ4v) is 2.71. The highest BCUT2D eigenvalue weighted by molar-refractivity contribution is 6.45. The lowest BCUT2D eigenvalue weighted by Gasteiger charge is -2.21. The molecule has 4 nitrogen and oxygen atoms in total. The van der Waals surface area contributed by atoms with Crippen LogP contribution in [0.2, 0.25) is 10.0 Å². The van der Waals surface area contributed by atoms with Crippen LogP contribution in [0.15, 0.2) is 24.3 Å². The Bertz CT molecular complexity index is 798. The molecule has 0 spiro atoms. The molecule has 0 heterocycles. The van der Waals surface area contributed by atoms with Crippen LogP contribution >= 0.6 is 23.2 Å². The molecule has 20 heavy (non-hydrogen) atoms. The average molecular weight is 307 g/mol. The van der Waals surface area contributed by atoms with Gasteiger partial charge in [0.1, 0.15) is 0 Å². The molecule has 0 saturated carbocycles. The minimum absolute atomic E-state index is 0.0144. The van der Waals surface area contributed by atoms with Crippen LogP contribution in [0.25, 0.3) is 0 Å². The Morgan fingerprint density at radius 3 is 2.25 bits per heavy atom. The third-order valence-electron chi connectivity index (χ3n) is 3.30. The van der Waals surface area contributed by atoms with Gasteiger partial charge >= 0.3 is 0 Å². The van der Waals surface area contributed by atoms with Gasteiger partial charge in [0.15, 0.2) is 11.6 Å². The van der Waals surface area contributed by atoms with Gasteiger partial charge in [-0.3, -0.25) is 9.59 Å². The minimum Gasteiger partial charge on any atom is -0.398 e. The third-order valence-corrected chi connectivity index (χ3v) is 4.10. The van der Waals surface area contributed by atoms with Crippen molar-refractivity contribution in [3.8, 4) is 0 Å². The van der Waals surface area contributed by atoms with Gasteiger partial charge in [0.05, 0.1) is 26.9 Å². The van der Waals surface area contributed by atoms with Crippen LogP contribution in [0.3, 0.4) is 0 Å². The largest absolute Gasteiger partial charge is 0.398 e. The van der Waals surface area contributed by atoms with E-state index in [1.165, 1.54) is 12.1 Å². The predicted molar refractivity (Wildman–Crippen MR) is 78.6 cm³/mol. The molecule has 0 amide bonds. The summed E-state index contributed by atoms with van der Waals surface area (Å²) >= 11 is 11.9. The van der Waals surface area contributed by atoms with Gasteiger partial charge in [0, 0.05) is 16.8 Å². The molecular formula is C14H8Cl2N2O2. The van der Waals surface area contributed by atoms with E-state index in [-0.39, 0.29) is 55.2 Å². The van der Waals surface area contributed by atoms with Crippen LogP contribution in [0.1, 0.15) is 31.8 Å². The second-order valence-electron chi connectivity index (χ2n) is 4.44. The van der Waals surface area contributed by atoms with E-state index in [0.717, 1.165) is 0 Å². The van der Waals surface area contributed by atoms with E-state index in [9.17, 15) is 9.59 Å². The van der Waals surface area contributed by atoms with Gasteiger partial charge in [-0.1, -0.05) is 35.3 Å². The van der Waals surface area contributed by atoms with Crippen LogP contribution in [-0.2, 0) is 0 Å². The van der Waals surface area contributed by atoms with Crippen molar-refractivity contribution in [1.29, 1.82) is 0 Å². The van der Waals surface area contributed by atoms with E-state index < -0.39 is 0 Å². The highest BCUT2D eigenvalue weighted by atomic mass is 35.5. The lowest BCUT2D eigenvalue weighted by Crippen LogP contribution is -2.23. The van der Waals surface area contributed by atoms with Crippen molar-refractivity contribution in [2.75, 3.05) is 11.5 Å². The Labute approximate surface area is 124 Å². The normalized spacial score (nSPS) is 13.1. The number of fused-ring (bicyclic) bond motifs is 2.